The molecule has 24 heavy (non-hydrogen) atoms. The van der Waals surface area contributed by atoms with E-state index in [9.17, 15) is 13.2 Å². The van der Waals surface area contributed by atoms with Crippen LogP contribution in [0.4, 0.5) is 0 Å². The number of hydrogen-bond acceptors (Lipinski definition) is 5. The van der Waals surface area contributed by atoms with Crippen molar-refractivity contribution < 1.29 is 22.8 Å². The first-order valence-electron chi connectivity index (χ1n) is 6.90. The van der Waals surface area contributed by atoms with Crippen LogP contribution in [-0.2, 0) is 26.2 Å². The average molecular weight is 370 g/mol. The third-order valence-corrected chi connectivity index (χ3v) is 5.41. The lowest BCUT2D eigenvalue weighted by Gasteiger charge is -2.15. The number of ether oxygens (including phenoxy) is 1. The number of carbonyl (C=O) groups excluding carboxylic acids is 1. The molecule has 0 saturated carbocycles. The van der Waals surface area contributed by atoms with Crippen LogP contribution in [0.25, 0.3) is 0 Å². The van der Waals surface area contributed by atoms with Crippen LogP contribution in [0.2, 0.25) is 5.02 Å². The van der Waals surface area contributed by atoms with Gasteiger partial charge >= 0.3 is 5.97 Å². The summed E-state index contributed by atoms with van der Waals surface area (Å²) in [6.45, 7) is 0.0857. The number of esters is 1. The van der Waals surface area contributed by atoms with Gasteiger partial charge in [-0.15, -0.1) is 0 Å². The normalized spacial score (nSPS) is 11.5. The van der Waals surface area contributed by atoms with E-state index in [0.717, 1.165) is 5.56 Å². The lowest BCUT2D eigenvalue weighted by Crippen LogP contribution is -2.26. The largest absolute Gasteiger partial charge is 0.457 e. The second-order valence-corrected chi connectivity index (χ2v) is 7.12. The fourth-order valence-corrected chi connectivity index (χ4v) is 3.34. The first kappa shape index (κ1) is 18.4. The minimum Gasteiger partial charge on any atom is -0.457 e. The predicted octanol–water partition coefficient (Wildman–Crippen LogP) is 2.88. The Morgan fingerprint density at radius 1 is 1.17 bits per heavy atom. The van der Waals surface area contributed by atoms with Crippen LogP contribution in [0.1, 0.15) is 15.9 Å². The molecule has 0 aliphatic rings. The van der Waals surface area contributed by atoms with E-state index in [0.29, 0.717) is 4.47 Å². The van der Waals surface area contributed by atoms with Crippen molar-refractivity contribution in [3.8, 4) is 0 Å². The first-order valence-corrected chi connectivity index (χ1v) is 8.71. The van der Waals surface area contributed by atoms with Gasteiger partial charge in [0.15, 0.2) is 0 Å². The number of nitrogens with zero attached hydrogens (tertiary/aromatic N) is 1. The van der Waals surface area contributed by atoms with Gasteiger partial charge in [-0.1, -0.05) is 46.4 Å². The third kappa shape index (κ3) is 4.12. The van der Waals surface area contributed by atoms with E-state index in [1.165, 1.54) is 32.4 Å². The maximum Gasteiger partial charge on any atom is 0.338 e. The lowest BCUT2D eigenvalue weighted by molar-refractivity contribution is -0.0258. The van der Waals surface area contributed by atoms with Crippen LogP contribution in [-0.4, -0.2) is 33.0 Å². The molecule has 0 N–H and O–H groups in total. The molecule has 8 heteroatoms. The van der Waals surface area contributed by atoms with Gasteiger partial charge in [0.1, 0.15) is 11.5 Å². The van der Waals surface area contributed by atoms with Crippen LogP contribution >= 0.6 is 11.6 Å². The van der Waals surface area contributed by atoms with E-state index in [4.69, 9.17) is 21.2 Å². The van der Waals surface area contributed by atoms with Gasteiger partial charge in [-0.25, -0.2) is 13.2 Å². The fourth-order valence-electron chi connectivity index (χ4n) is 1.87. The lowest BCUT2D eigenvalue weighted by atomic mass is 10.2. The third-order valence-electron chi connectivity index (χ3n) is 3.25. The molecule has 0 fully saturated rings. The summed E-state index contributed by atoms with van der Waals surface area (Å²) in [5.41, 5.74) is 0.908. The van der Waals surface area contributed by atoms with E-state index < -0.39 is 16.0 Å². The highest BCUT2D eigenvalue weighted by molar-refractivity contribution is 7.89. The molecule has 2 rings (SSSR count). The highest BCUT2D eigenvalue weighted by atomic mass is 35.5. The summed E-state index contributed by atoms with van der Waals surface area (Å²) in [6.07, 6.45) is 0. The Bertz CT molecular complexity index is 824. The van der Waals surface area contributed by atoms with Gasteiger partial charge in [0.05, 0.1) is 17.7 Å². The number of halogens is 1. The summed E-state index contributed by atoms with van der Waals surface area (Å²) in [4.78, 5) is 16.6. The van der Waals surface area contributed by atoms with E-state index in [-0.39, 0.29) is 22.1 Å². The first-order chi connectivity index (χ1) is 11.4. The number of rotatable bonds is 6. The topological polar surface area (TPSA) is 72.9 Å². The van der Waals surface area contributed by atoms with Gasteiger partial charge < -0.3 is 4.74 Å². The Kier molecular flexibility index (Phi) is 5.95. The molecule has 0 unspecified atom stereocenters. The van der Waals surface area contributed by atoms with E-state index in [1.807, 2.05) is 30.3 Å². The number of benzene rings is 2. The maximum absolute atomic E-state index is 12.3. The molecule has 0 aliphatic carbocycles. The molecule has 0 aliphatic heterocycles. The maximum atomic E-state index is 12.3. The number of carbonyl (C=O) groups is 1. The summed E-state index contributed by atoms with van der Waals surface area (Å²) in [5.74, 6) is -0.646. The summed E-state index contributed by atoms with van der Waals surface area (Å²) < 4.78 is 30.5. The average Bonchev–Trinajstić information content (AvgIpc) is 2.60. The Hall–Kier alpha value is -1.93. The molecule has 0 atom stereocenters. The van der Waals surface area contributed by atoms with Crippen molar-refractivity contribution >= 4 is 27.6 Å². The highest BCUT2D eigenvalue weighted by Gasteiger charge is 2.25. The zero-order chi connectivity index (χ0) is 17.7. The van der Waals surface area contributed by atoms with E-state index in [2.05, 4.69) is 0 Å². The molecular formula is C16H16ClNO5S. The zero-order valence-electron chi connectivity index (χ0n) is 13.1. The molecule has 6 nitrogen and oxygen atoms in total. The summed E-state index contributed by atoms with van der Waals surface area (Å²) in [6, 6.07) is 13.1. The SMILES string of the molecule is CON(C)S(=O)(=O)c1cc(C(=O)OCc2ccccc2)ccc1Cl. The molecule has 0 aromatic heterocycles. The monoisotopic (exact) mass is 369 g/mol. The van der Waals surface area contributed by atoms with Gasteiger partial charge in [-0.05, 0) is 23.8 Å². The minimum absolute atomic E-state index is 0.0153. The molecule has 0 amide bonds. The van der Waals surface area contributed by atoms with Crippen molar-refractivity contribution in [2.24, 2.45) is 0 Å². The fraction of sp³-hybridized carbons (Fsp3) is 0.188. The second kappa shape index (κ2) is 7.76. The van der Waals surface area contributed by atoms with Crippen molar-refractivity contribution in [2.75, 3.05) is 14.2 Å². The Balaban J connectivity index is 2.23. The summed E-state index contributed by atoms with van der Waals surface area (Å²) in [7, 11) is -1.53. The Labute approximate surface area is 145 Å². The molecule has 128 valence electrons. The predicted molar refractivity (Wildman–Crippen MR) is 89.0 cm³/mol. The van der Waals surface area contributed by atoms with E-state index >= 15 is 0 Å². The summed E-state index contributed by atoms with van der Waals surface area (Å²) in [5, 5.41) is -0.0153. The molecule has 0 radical (unpaired) electrons. The van der Waals surface area contributed by atoms with Gasteiger partial charge in [0.2, 0.25) is 0 Å². The van der Waals surface area contributed by atoms with Crippen molar-refractivity contribution in [3.05, 3.63) is 64.7 Å². The molecule has 0 spiro atoms. The van der Waals surface area contributed by atoms with Crippen LogP contribution in [0.3, 0.4) is 0 Å². The highest BCUT2D eigenvalue weighted by Crippen LogP contribution is 2.25. The minimum atomic E-state index is -3.97. The van der Waals surface area contributed by atoms with Crippen LogP contribution < -0.4 is 0 Å². The Morgan fingerprint density at radius 2 is 1.83 bits per heavy atom. The van der Waals surface area contributed by atoms with Gasteiger partial charge in [0, 0.05) is 7.05 Å². The molecule has 2 aromatic rings. The van der Waals surface area contributed by atoms with Crippen molar-refractivity contribution in [1.82, 2.24) is 4.47 Å². The quantitative estimate of drug-likeness (QED) is 0.578. The molecule has 2 aromatic carbocycles. The van der Waals surface area contributed by atoms with Gasteiger partial charge in [0.25, 0.3) is 10.0 Å². The van der Waals surface area contributed by atoms with Crippen LogP contribution in [0.5, 0.6) is 0 Å². The number of hydrogen-bond donors (Lipinski definition) is 0. The van der Waals surface area contributed by atoms with Crippen molar-refractivity contribution in [2.45, 2.75) is 11.5 Å². The number of hydroxylamine groups is 1. The smallest absolute Gasteiger partial charge is 0.338 e. The van der Waals surface area contributed by atoms with Gasteiger partial charge in [-0.3, -0.25) is 4.84 Å². The van der Waals surface area contributed by atoms with Gasteiger partial charge in [-0.2, -0.15) is 0 Å². The number of sulfonamides is 1. The van der Waals surface area contributed by atoms with Crippen molar-refractivity contribution in [1.29, 1.82) is 0 Å². The van der Waals surface area contributed by atoms with Crippen LogP contribution in [0, 0.1) is 0 Å². The molecule has 0 bridgehead atoms. The standard InChI is InChI=1S/C16H16ClNO5S/c1-18(22-2)24(20,21)15-10-13(8-9-14(15)17)16(19)23-11-12-6-4-3-5-7-12/h3-10H,11H2,1-2H3. The Morgan fingerprint density at radius 3 is 2.46 bits per heavy atom. The van der Waals surface area contributed by atoms with Crippen molar-refractivity contribution in [3.63, 3.8) is 0 Å². The van der Waals surface area contributed by atoms with E-state index in [1.54, 1.807) is 0 Å². The zero-order valence-corrected chi connectivity index (χ0v) is 14.7. The van der Waals surface area contributed by atoms with Crippen LogP contribution in [0.15, 0.2) is 53.4 Å². The molecule has 0 heterocycles. The second-order valence-electron chi connectivity index (χ2n) is 4.80. The molecular weight excluding hydrogens is 354 g/mol. The molecule has 0 saturated heterocycles. The summed E-state index contributed by atoms with van der Waals surface area (Å²) >= 11 is 5.95.